The molecule has 0 saturated heterocycles. The molecule has 1 aliphatic carbocycles. The molecule has 0 amide bonds. The predicted octanol–water partition coefficient (Wildman–Crippen LogP) is 0.894. The van der Waals surface area contributed by atoms with E-state index in [4.69, 9.17) is 4.74 Å². The highest BCUT2D eigenvalue weighted by molar-refractivity contribution is 4.85. The molecule has 0 aliphatic heterocycles. The molecule has 1 saturated carbocycles. The third-order valence-electron chi connectivity index (χ3n) is 3.24. The van der Waals surface area contributed by atoms with Crippen LogP contribution in [-0.4, -0.2) is 41.0 Å². The van der Waals surface area contributed by atoms with Crippen LogP contribution in [0.25, 0.3) is 0 Å². The summed E-state index contributed by atoms with van der Waals surface area (Å²) in [6.07, 6.45) is 7.81. The summed E-state index contributed by atoms with van der Waals surface area (Å²) in [4.78, 5) is 4.10. The van der Waals surface area contributed by atoms with Crippen molar-refractivity contribution in [3.8, 4) is 0 Å². The van der Waals surface area contributed by atoms with E-state index in [1.165, 1.54) is 25.7 Å². The van der Waals surface area contributed by atoms with Gasteiger partial charge in [0.05, 0.1) is 6.10 Å². The van der Waals surface area contributed by atoms with Crippen LogP contribution in [0, 0.1) is 0 Å². The number of aromatic amines is 1. The Hall–Kier alpha value is -0.940. The van der Waals surface area contributed by atoms with Crippen LogP contribution in [0.2, 0.25) is 0 Å². The Morgan fingerprint density at radius 3 is 3.12 bits per heavy atom. The van der Waals surface area contributed by atoms with Gasteiger partial charge in [0, 0.05) is 26.1 Å². The van der Waals surface area contributed by atoms with E-state index in [2.05, 4.69) is 20.5 Å². The van der Waals surface area contributed by atoms with Crippen molar-refractivity contribution < 1.29 is 4.74 Å². The van der Waals surface area contributed by atoms with Gasteiger partial charge in [0.2, 0.25) is 0 Å². The van der Waals surface area contributed by atoms with Gasteiger partial charge in [-0.25, -0.2) is 4.98 Å². The highest BCUT2D eigenvalue weighted by Gasteiger charge is 2.23. The summed E-state index contributed by atoms with van der Waals surface area (Å²) in [6.45, 7) is 0.930. The number of aromatic nitrogens is 3. The molecule has 1 aromatic rings. The van der Waals surface area contributed by atoms with E-state index < -0.39 is 0 Å². The van der Waals surface area contributed by atoms with Crippen molar-refractivity contribution in [1.29, 1.82) is 0 Å². The minimum Gasteiger partial charge on any atom is -0.380 e. The summed E-state index contributed by atoms with van der Waals surface area (Å²) in [6, 6.07) is 0.502. The first-order valence-electron chi connectivity index (χ1n) is 6.00. The third-order valence-corrected chi connectivity index (χ3v) is 3.24. The van der Waals surface area contributed by atoms with Crippen molar-refractivity contribution in [2.24, 2.45) is 0 Å². The van der Waals surface area contributed by atoms with Gasteiger partial charge in [0.25, 0.3) is 0 Å². The molecule has 2 unspecified atom stereocenters. The van der Waals surface area contributed by atoms with Crippen molar-refractivity contribution in [3.05, 3.63) is 12.2 Å². The highest BCUT2D eigenvalue weighted by atomic mass is 16.5. The van der Waals surface area contributed by atoms with Crippen molar-refractivity contribution >= 4 is 0 Å². The van der Waals surface area contributed by atoms with Crippen molar-refractivity contribution in [1.82, 2.24) is 20.5 Å². The minimum absolute atomic E-state index is 0.378. The molecule has 0 aromatic carbocycles. The molecule has 0 spiro atoms. The predicted molar refractivity (Wildman–Crippen MR) is 61.1 cm³/mol. The maximum Gasteiger partial charge on any atom is 0.137 e. The fourth-order valence-corrected chi connectivity index (χ4v) is 2.34. The number of hydrogen-bond donors (Lipinski definition) is 2. The van der Waals surface area contributed by atoms with Crippen molar-refractivity contribution in [2.75, 3.05) is 13.7 Å². The Morgan fingerprint density at radius 1 is 1.50 bits per heavy atom. The number of ether oxygens (including phenoxy) is 1. The average molecular weight is 224 g/mol. The largest absolute Gasteiger partial charge is 0.380 e. The minimum atomic E-state index is 0.378. The number of H-pyrrole nitrogens is 1. The summed E-state index contributed by atoms with van der Waals surface area (Å²) < 4.78 is 5.49. The molecule has 2 rings (SSSR count). The molecule has 1 aromatic heterocycles. The van der Waals surface area contributed by atoms with Gasteiger partial charge >= 0.3 is 0 Å². The number of nitrogens with one attached hydrogen (secondary N) is 2. The van der Waals surface area contributed by atoms with E-state index in [1.54, 1.807) is 13.4 Å². The molecule has 1 aliphatic rings. The normalized spacial score (nSPS) is 25.8. The maximum atomic E-state index is 5.49. The van der Waals surface area contributed by atoms with Crippen molar-refractivity contribution in [3.63, 3.8) is 0 Å². The fraction of sp³-hybridized carbons (Fsp3) is 0.818. The molecule has 1 fully saturated rings. The lowest BCUT2D eigenvalue weighted by atomic mass is 9.92. The number of rotatable bonds is 5. The van der Waals surface area contributed by atoms with Crippen LogP contribution in [0.3, 0.4) is 0 Å². The molecule has 5 heteroatoms. The van der Waals surface area contributed by atoms with Crippen LogP contribution < -0.4 is 5.32 Å². The second-order valence-electron chi connectivity index (χ2n) is 4.30. The van der Waals surface area contributed by atoms with Gasteiger partial charge in [-0.2, -0.15) is 5.10 Å². The first-order valence-corrected chi connectivity index (χ1v) is 6.00. The topological polar surface area (TPSA) is 62.8 Å². The summed E-state index contributed by atoms with van der Waals surface area (Å²) >= 11 is 0. The molecule has 16 heavy (non-hydrogen) atoms. The van der Waals surface area contributed by atoms with E-state index in [1.807, 2.05) is 0 Å². The zero-order valence-corrected chi connectivity index (χ0v) is 9.78. The van der Waals surface area contributed by atoms with Gasteiger partial charge in [-0.05, 0) is 12.8 Å². The van der Waals surface area contributed by atoms with Crippen LogP contribution in [0.1, 0.15) is 31.5 Å². The van der Waals surface area contributed by atoms with Crippen LogP contribution in [0.15, 0.2) is 6.33 Å². The lowest BCUT2D eigenvalue weighted by molar-refractivity contribution is 0.0421. The van der Waals surface area contributed by atoms with Gasteiger partial charge in [-0.15, -0.1) is 0 Å². The van der Waals surface area contributed by atoms with E-state index in [9.17, 15) is 0 Å². The smallest absolute Gasteiger partial charge is 0.137 e. The molecule has 90 valence electrons. The second kappa shape index (κ2) is 5.96. The van der Waals surface area contributed by atoms with Gasteiger partial charge in [-0.1, -0.05) is 12.8 Å². The van der Waals surface area contributed by atoms with E-state index in [0.29, 0.717) is 12.1 Å². The summed E-state index contributed by atoms with van der Waals surface area (Å²) in [7, 11) is 1.81. The Kier molecular flexibility index (Phi) is 4.30. The first-order chi connectivity index (χ1) is 7.90. The van der Waals surface area contributed by atoms with Crippen LogP contribution in [0.4, 0.5) is 0 Å². The molecule has 5 nitrogen and oxygen atoms in total. The molecule has 1 heterocycles. The lowest BCUT2D eigenvalue weighted by Crippen LogP contribution is -2.43. The summed E-state index contributed by atoms with van der Waals surface area (Å²) in [5, 5.41) is 10.2. The average Bonchev–Trinajstić information content (AvgIpc) is 2.83. The van der Waals surface area contributed by atoms with Crippen LogP contribution >= 0.6 is 0 Å². The Balaban J connectivity index is 1.71. The van der Waals surface area contributed by atoms with Gasteiger partial charge in [-0.3, -0.25) is 5.10 Å². The molecular weight excluding hydrogens is 204 g/mol. The third kappa shape index (κ3) is 3.02. The number of hydrogen-bond acceptors (Lipinski definition) is 4. The standard InChI is InChI=1S/C11H20N4O/c1-16-10-5-3-2-4-9(10)12-7-6-11-13-8-14-15-11/h8-10,12H,2-7H2,1H3,(H,13,14,15). The van der Waals surface area contributed by atoms with E-state index in [0.717, 1.165) is 18.8 Å². The quantitative estimate of drug-likeness (QED) is 0.780. The fourth-order valence-electron chi connectivity index (χ4n) is 2.34. The molecular formula is C11H20N4O. The monoisotopic (exact) mass is 224 g/mol. The van der Waals surface area contributed by atoms with Crippen LogP contribution in [-0.2, 0) is 11.2 Å². The SMILES string of the molecule is COC1CCCCC1NCCc1ncn[nH]1. The molecule has 0 radical (unpaired) electrons. The zero-order chi connectivity index (χ0) is 11.2. The van der Waals surface area contributed by atoms with Crippen molar-refractivity contribution in [2.45, 2.75) is 44.2 Å². The van der Waals surface area contributed by atoms with Gasteiger partial charge < -0.3 is 10.1 Å². The Labute approximate surface area is 96.0 Å². The highest BCUT2D eigenvalue weighted by Crippen LogP contribution is 2.20. The Bertz CT molecular complexity index is 288. The number of nitrogens with zero attached hydrogens (tertiary/aromatic N) is 2. The molecule has 0 bridgehead atoms. The Morgan fingerprint density at radius 2 is 2.38 bits per heavy atom. The molecule has 2 N–H and O–H groups in total. The second-order valence-corrected chi connectivity index (χ2v) is 4.30. The maximum absolute atomic E-state index is 5.49. The van der Waals surface area contributed by atoms with E-state index >= 15 is 0 Å². The van der Waals surface area contributed by atoms with Crippen LogP contribution in [0.5, 0.6) is 0 Å². The number of methoxy groups -OCH3 is 1. The van der Waals surface area contributed by atoms with Gasteiger partial charge in [0.1, 0.15) is 12.2 Å². The summed E-state index contributed by atoms with van der Waals surface area (Å²) in [5.41, 5.74) is 0. The van der Waals surface area contributed by atoms with Gasteiger partial charge in [0.15, 0.2) is 0 Å². The summed E-state index contributed by atoms with van der Waals surface area (Å²) in [5.74, 6) is 0.942. The first kappa shape index (κ1) is 11.5. The zero-order valence-electron chi connectivity index (χ0n) is 9.78. The van der Waals surface area contributed by atoms with E-state index in [-0.39, 0.29) is 0 Å². The lowest BCUT2D eigenvalue weighted by Gasteiger charge is -2.31. The molecule has 2 atom stereocenters.